The Morgan fingerprint density at radius 3 is 1.13 bits per heavy atom. The number of halogens is 1. The van der Waals surface area contributed by atoms with Crippen LogP contribution in [0.15, 0.2) is 91.0 Å². The largest absolute Gasteiger partial charge is 1.00 e. The van der Waals surface area contributed by atoms with Crippen molar-refractivity contribution in [3.8, 4) is 0 Å². The summed E-state index contributed by atoms with van der Waals surface area (Å²) in [6.07, 6.45) is 0. The minimum absolute atomic E-state index is 0. The predicted molar refractivity (Wildman–Crippen MR) is 95.9 cm³/mol. The quantitative estimate of drug-likeness (QED) is 0.567. The first-order valence-corrected chi connectivity index (χ1v) is 11.7. The van der Waals surface area contributed by atoms with Crippen molar-refractivity contribution in [2.45, 2.75) is 5.21 Å². The summed E-state index contributed by atoms with van der Waals surface area (Å²) < 4.78 is 4.14. The third-order valence-corrected chi connectivity index (χ3v) is 13.3. The van der Waals surface area contributed by atoms with E-state index in [-0.39, 0.29) is 19.0 Å². The molecule has 118 valence electrons. The summed E-state index contributed by atoms with van der Waals surface area (Å²) in [6.45, 7) is 0.214. The third kappa shape index (κ3) is 3.53. The molecule has 3 aromatic carbocycles. The molecule has 0 saturated carbocycles. The molecule has 0 aliphatic carbocycles. The summed E-state index contributed by atoms with van der Waals surface area (Å²) in [7, 11) is 0. The maximum absolute atomic E-state index is 9.83. The van der Waals surface area contributed by atoms with Gasteiger partial charge in [-0.15, -0.1) is 0 Å². The second kappa shape index (κ2) is 8.36. The first-order valence-electron chi connectivity index (χ1n) is 7.54. The van der Waals surface area contributed by atoms with E-state index in [1.165, 1.54) is 13.1 Å². The molecule has 0 aliphatic heterocycles. The van der Waals surface area contributed by atoms with Crippen LogP contribution in [0.4, 0.5) is 0 Å². The molecule has 0 bridgehead atoms. The number of rotatable bonds is 5. The Kier molecular flexibility index (Phi) is 6.47. The van der Waals surface area contributed by atoms with Crippen LogP contribution in [0, 0.1) is 0 Å². The predicted octanol–water partition coefficient (Wildman–Crippen LogP) is -0.847. The molecule has 3 heteroatoms. The summed E-state index contributed by atoms with van der Waals surface area (Å²) in [5.74, 6) is 0. The molecule has 1 N–H and O–H groups in total. The van der Waals surface area contributed by atoms with Gasteiger partial charge in [0.15, 0.2) is 0 Å². The molecule has 0 unspecified atom stereocenters. The van der Waals surface area contributed by atoms with Gasteiger partial charge in [0.25, 0.3) is 0 Å². The van der Waals surface area contributed by atoms with E-state index < -0.39 is 13.6 Å². The second-order valence-corrected chi connectivity index (χ2v) is 12.9. The van der Waals surface area contributed by atoms with Gasteiger partial charge in [-0.25, -0.2) is 0 Å². The van der Waals surface area contributed by atoms with Gasteiger partial charge in [-0.05, 0) is 0 Å². The zero-order valence-electron chi connectivity index (χ0n) is 12.8. The number of hydrogen-bond acceptors (Lipinski definition) is 1. The first-order chi connectivity index (χ1) is 10.9. The van der Waals surface area contributed by atoms with Crippen molar-refractivity contribution in [3.63, 3.8) is 0 Å². The molecule has 0 heterocycles. The van der Waals surface area contributed by atoms with E-state index in [4.69, 9.17) is 0 Å². The molecule has 0 saturated heterocycles. The number of aliphatic hydroxyl groups excluding tert-OH is 1. The van der Waals surface area contributed by atoms with Gasteiger partial charge < -0.3 is 12.4 Å². The summed E-state index contributed by atoms with van der Waals surface area (Å²) in [4.78, 5) is 0. The van der Waals surface area contributed by atoms with Gasteiger partial charge in [0, 0.05) is 0 Å². The zero-order chi connectivity index (χ0) is 15.3. The summed E-state index contributed by atoms with van der Waals surface area (Å²) >= 11 is -2.61. The van der Waals surface area contributed by atoms with E-state index in [1.807, 2.05) is 0 Å². The zero-order valence-corrected chi connectivity index (χ0v) is 15.5. The van der Waals surface area contributed by atoms with Crippen molar-refractivity contribution in [3.05, 3.63) is 91.0 Å². The van der Waals surface area contributed by atoms with Crippen LogP contribution >= 0.6 is 0 Å². The summed E-state index contributed by atoms with van der Waals surface area (Å²) in [6, 6.07) is 32.2. The summed E-state index contributed by atoms with van der Waals surface area (Å²) in [5.41, 5.74) is 0. The molecule has 0 aliphatic rings. The summed E-state index contributed by atoms with van der Waals surface area (Å²) in [5, 5.41) is 10.7. The molecule has 0 spiro atoms. The van der Waals surface area contributed by atoms with Crippen molar-refractivity contribution >= 4 is 26.6 Å². The normalized spacial score (nSPS) is 10.8. The van der Waals surface area contributed by atoms with Crippen LogP contribution in [0.3, 0.4) is 0 Å². The standard InChI is InChI=1S/C20H20AsO.ClH/c22-17-16-21(18-10-4-1-5-11-18,19-12-6-2-7-13-19)20-14-8-3-9-15-20;/h1-15,22H,16-17H2;1H/q+1;/p-1. The van der Waals surface area contributed by atoms with E-state index >= 15 is 0 Å². The average molecular weight is 387 g/mol. The van der Waals surface area contributed by atoms with Crippen LogP contribution < -0.4 is 25.5 Å². The molecule has 0 atom stereocenters. The topological polar surface area (TPSA) is 20.2 Å². The minimum Gasteiger partial charge on any atom is -1.00 e. The fourth-order valence-electron chi connectivity index (χ4n) is 3.03. The van der Waals surface area contributed by atoms with Gasteiger partial charge in [-0.2, -0.15) is 0 Å². The molecule has 3 aromatic rings. The first kappa shape index (κ1) is 17.8. The molecule has 0 fully saturated rings. The van der Waals surface area contributed by atoms with Crippen molar-refractivity contribution in [1.29, 1.82) is 0 Å². The van der Waals surface area contributed by atoms with Crippen LogP contribution in [-0.2, 0) is 0 Å². The van der Waals surface area contributed by atoms with Gasteiger partial charge >= 0.3 is 135 Å². The Morgan fingerprint density at radius 2 is 0.870 bits per heavy atom. The van der Waals surface area contributed by atoms with E-state index in [0.29, 0.717) is 0 Å². The van der Waals surface area contributed by atoms with Crippen molar-refractivity contribution in [1.82, 2.24) is 0 Å². The Bertz CT molecular complexity index is 605. The Balaban J connectivity index is 0.00000192. The Labute approximate surface area is 146 Å². The molecular weight excluding hydrogens is 367 g/mol. The van der Waals surface area contributed by atoms with Crippen LogP contribution in [0.5, 0.6) is 0 Å². The van der Waals surface area contributed by atoms with Gasteiger partial charge in [-0.3, -0.25) is 0 Å². The van der Waals surface area contributed by atoms with Gasteiger partial charge in [-0.1, -0.05) is 0 Å². The number of hydrogen-bond donors (Lipinski definition) is 1. The maximum Gasteiger partial charge on any atom is -1.00 e. The maximum atomic E-state index is 9.83. The van der Waals surface area contributed by atoms with Crippen molar-refractivity contribution in [2.24, 2.45) is 0 Å². The van der Waals surface area contributed by atoms with Crippen LogP contribution in [0.1, 0.15) is 0 Å². The molecule has 3 rings (SSSR count). The Morgan fingerprint density at radius 1 is 0.565 bits per heavy atom. The molecule has 0 amide bonds. The second-order valence-electron chi connectivity index (χ2n) is 5.26. The fourth-order valence-corrected chi connectivity index (χ4v) is 11.5. The monoisotopic (exact) mass is 386 g/mol. The SMILES string of the molecule is OCC[As+](c1ccccc1)(c1ccccc1)c1ccccc1.[Cl-]. The smallest absolute Gasteiger partial charge is 1.00 e. The molecule has 23 heavy (non-hydrogen) atoms. The Hall–Kier alpha value is -1.53. The van der Waals surface area contributed by atoms with Gasteiger partial charge in [0.1, 0.15) is 0 Å². The van der Waals surface area contributed by atoms with Crippen LogP contribution in [-0.4, -0.2) is 25.3 Å². The van der Waals surface area contributed by atoms with Crippen LogP contribution in [0.2, 0.25) is 5.21 Å². The minimum atomic E-state index is -2.61. The van der Waals surface area contributed by atoms with Gasteiger partial charge in [0.2, 0.25) is 0 Å². The molecule has 0 radical (unpaired) electrons. The number of benzene rings is 3. The molecule has 1 nitrogen and oxygen atoms in total. The van der Waals surface area contributed by atoms with Crippen molar-refractivity contribution in [2.75, 3.05) is 6.61 Å². The van der Waals surface area contributed by atoms with E-state index in [9.17, 15) is 5.11 Å². The van der Waals surface area contributed by atoms with Crippen LogP contribution in [0.25, 0.3) is 0 Å². The molecular formula is C20H20AsClO. The van der Waals surface area contributed by atoms with Gasteiger partial charge in [0.05, 0.1) is 0 Å². The number of aliphatic hydroxyl groups is 1. The fraction of sp³-hybridized carbons (Fsp3) is 0.100. The van der Waals surface area contributed by atoms with E-state index in [2.05, 4.69) is 91.0 Å². The van der Waals surface area contributed by atoms with E-state index in [1.54, 1.807) is 0 Å². The third-order valence-electron chi connectivity index (χ3n) is 4.03. The average Bonchev–Trinajstić information content (AvgIpc) is 2.62. The van der Waals surface area contributed by atoms with Crippen molar-refractivity contribution < 1.29 is 17.5 Å². The molecule has 0 aromatic heterocycles. The van der Waals surface area contributed by atoms with E-state index in [0.717, 1.165) is 5.21 Å².